The van der Waals surface area contributed by atoms with E-state index in [1.165, 1.54) is 18.4 Å². The summed E-state index contributed by atoms with van der Waals surface area (Å²) in [6.07, 6.45) is 1.19. The number of rotatable bonds is 5. The molecule has 0 unspecified atom stereocenters. The fourth-order valence-electron chi connectivity index (χ4n) is 1.54. The zero-order valence-corrected chi connectivity index (χ0v) is 10.5. The lowest BCUT2D eigenvalue weighted by atomic mass is 10.3. The number of hydrogen-bond acceptors (Lipinski definition) is 6. The van der Waals surface area contributed by atoms with E-state index in [0.29, 0.717) is 5.76 Å². The van der Waals surface area contributed by atoms with Gasteiger partial charge in [-0.15, -0.1) is 0 Å². The average Bonchev–Trinajstić information content (AvgIpc) is 2.92. The van der Waals surface area contributed by atoms with Crippen LogP contribution in [-0.2, 0) is 6.61 Å². The lowest BCUT2D eigenvalue weighted by Crippen LogP contribution is -2.29. The van der Waals surface area contributed by atoms with Crippen LogP contribution in [0.1, 0.15) is 16.1 Å². The van der Waals surface area contributed by atoms with Gasteiger partial charge in [-0.3, -0.25) is 20.3 Å². The predicted molar refractivity (Wildman–Crippen MR) is 67.7 cm³/mol. The van der Waals surface area contributed by atoms with E-state index in [1.54, 1.807) is 0 Å². The molecule has 0 radical (unpaired) electrons. The fourth-order valence-corrected chi connectivity index (χ4v) is 1.54. The van der Waals surface area contributed by atoms with Crippen LogP contribution in [0, 0.1) is 15.9 Å². The maximum atomic E-state index is 13.4. The van der Waals surface area contributed by atoms with Crippen LogP contribution in [0.2, 0.25) is 0 Å². The molecule has 2 aromatic rings. The van der Waals surface area contributed by atoms with Crippen molar-refractivity contribution < 1.29 is 23.3 Å². The molecule has 0 fully saturated rings. The summed E-state index contributed by atoms with van der Waals surface area (Å²) in [5.41, 5.74) is 1.52. The van der Waals surface area contributed by atoms with Crippen molar-refractivity contribution in [2.75, 3.05) is 0 Å². The summed E-state index contributed by atoms with van der Waals surface area (Å²) in [6.45, 7) is -0.0743. The quantitative estimate of drug-likeness (QED) is 0.373. The SMILES string of the molecule is NNC(=O)c1coc(COc2ccc([N+](=O)[O-])c(F)c2)c1. The normalized spacial score (nSPS) is 10.2. The number of nitro groups is 1. The summed E-state index contributed by atoms with van der Waals surface area (Å²) in [7, 11) is 0. The van der Waals surface area contributed by atoms with Crippen molar-refractivity contribution in [3.05, 3.63) is 57.8 Å². The van der Waals surface area contributed by atoms with Gasteiger partial charge in [0.25, 0.3) is 5.91 Å². The summed E-state index contributed by atoms with van der Waals surface area (Å²) in [5.74, 6) is 3.85. The Morgan fingerprint density at radius 2 is 2.24 bits per heavy atom. The third-order valence-electron chi connectivity index (χ3n) is 2.54. The first-order valence-electron chi connectivity index (χ1n) is 5.66. The van der Waals surface area contributed by atoms with Crippen molar-refractivity contribution in [2.45, 2.75) is 6.61 Å². The molecule has 3 N–H and O–H groups in total. The van der Waals surface area contributed by atoms with E-state index in [2.05, 4.69) is 0 Å². The number of nitrogens with one attached hydrogen (secondary N) is 1. The van der Waals surface area contributed by atoms with Crippen LogP contribution in [0.5, 0.6) is 5.75 Å². The van der Waals surface area contributed by atoms with E-state index in [0.717, 1.165) is 12.1 Å². The number of hydrogen-bond donors (Lipinski definition) is 2. The van der Waals surface area contributed by atoms with E-state index in [9.17, 15) is 19.3 Å². The van der Waals surface area contributed by atoms with Gasteiger partial charge in [-0.25, -0.2) is 5.84 Å². The van der Waals surface area contributed by atoms with Gasteiger partial charge in [-0.1, -0.05) is 0 Å². The Balaban J connectivity index is 2.03. The molecule has 8 nitrogen and oxygen atoms in total. The largest absolute Gasteiger partial charge is 0.486 e. The number of carbonyl (C=O) groups excluding carboxylic acids is 1. The number of ether oxygens (including phenoxy) is 1. The van der Waals surface area contributed by atoms with Crippen molar-refractivity contribution in [3.8, 4) is 5.75 Å². The molecule has 0 saturated heterocycles. The zero-order chi connectivity index (χ0) is 15.4. The highest BCUT2D eigenvalue weighted by atomic mass is 19.1. The van der Waals surface area contributed by atoms with Gasteiger partial charge in [0.2, 0.25) is 5.82 Å². The van der Waals surface area contributed by atoms with Gasteiger partial charge >= 0.3 is 5.69 Å². The molecule has 21 heavy (non-hydrogen) atoms. The Bertz CT molecular complexity index is 685. The standard InChI is InChI=1S/C12H10FN3O5/c13-10-4-8(1-2-11(10)16(18)19)21-6-9-3-7(5-20-9)12(17)15-14/h1-5H,6,14H2,(H,15,17). The number of furan rings is 1. The molecule has 0 aliphatic heterocycles. The second-order valence-corrected chi connectivity index (χ2v) is 3.93. The summed E-state index contributed by atoms with van der Waals surface area (Å²) >= 11 is 0. The monoisotopic (exact) mass is 295 g/mol. The van der Waals surface area contributed by atoms with Crippen LogP contribution in [0.15, 0.2) is 34.9 Å². The Kier molecular flexibility index (Phi) is 4.14. The molecule has 0 aliphatic rings. The minimum absolute atomic E-state index is 0.0743. The lowest BCUT2D eigenvalue weighted by Gasteiger charge is -2.04. The number of benzene rings is 1. The predicted octanol–water partition coefficient (Wildman–Crippen LogP) is 1.51. The van der Waals surface area contributed by atoms with Crippen molar-refractivity contribution in [1.82, 2.24) is 5.43 Å². The number of nitro benzene ring substituents is 1. The molecule has 9 heteroatoms. The highest BCUT2D eigenvalue weighted by molar-refractivity contribution is 5.93. The first-order chi connectivity index (χ1) is 10.0. The first kappa shape index (κ1) is 14.5. The van der Waals surface area contributed by atoms with Crippen LogP contribution >= 0.6 is 0 Å². The van der Waals surface area contributed by atoms with Crippen molar-refractivity contribution >= 4 is 11.6 Å². The Hall–Kier alpha value is -2.94. The number of hydrazine groups is 1. The molecule has 0 atom stereocenters. The molecule has 0 spiro atoms. The van der Waals surface area contributed by atoms with Crippen LogP contribution < -0.4 is 16.0 Å². The molecule has 1 aromatic carbocycles. The number of halogens is 1. The number of amides is 1. The molecule has 1 amide bonds. The average molecular weight is 295 g/mol. The number of nitrogens with zero attached hydrogens (tertiary/aromatic N) is 1. The summed E-state index contributed by atoms with van der Waals surface area (Å²) < 4.78 is 23.6. The Morgan fingerprint density at radius 1 is 1.48 bits per heavy atom. The summed E-state index contributed by atoms with van der Waals surface area (Å²) in [5, 5.41) is 10.5. The van der Waals surface area contributed by atoms with Gasteiger partial charge in [0, 0.05) is 12.1 Å². The van der Waals surface area contributed by atoms with Crippen molar-refractivity contribution in [1.29, 1.82) is 0 Å². The molecule has 0 aliphatic carbocycles. The first-order valence-corrected chi connectivity index (χ1v) is 5.66. The molecule has 0 saturated carbocycles. The summed E-state index contributed by atoms with van der Waals surface area (Å²) in [6, 6.07) is 4.57. The molecular formula is C12H10FN3O5. The molecule has 1 aromatic heterocycles. The van der Waals surface area contributed by atoms with Crippen LogP contribution in [0.25, 0.3) is 0 Å². The van der Waals surface area contributed by atoms with Gasteiger partial charge in [0.15, 0.2) is 0 Å². The third kappa shape index (κ3) is 3.34. The van der Waals surface area contributed by atoms with E-state index >= 15 is 0 Å². The van der Waals surface area contributed by atoms with Gasteiger partial charge in [0.1, 0.15) is 24.4 Å². The van der Waals surface area contributed by atoms with Gasteiger partial charge in [0.05, 0.1) is 10.5 Å². The molecule has 1 heterocycles. The third-order valence-corrected chi connectivity index (χ3v) is 2.54. The van der Waals surface area contributed by atoms with E-state index in [-0.39, 0.29) is 17.9 Å². The summed E-state index contributed by atoms with van der Waals surface area (Å²) in [4.78, 5) is 20.8. The second kappa shape index (κ2) is 6.01. The second-order valence-electron chi connectivity index (χ2n) is 3.93. The van der Waals surface area contributed by atoms with Crippen molar-refractivity contribution in [3.63, 3.8) is 0 Å². The van der Waals surface area contributed by atoms with Gasteiger partial charge in [-0.2, -0.15) is 4.39 Å². The van der Waals surface area contributed by atoms with Crippen molar-refractivity contribution in [2.24, 2.45) is 5.84 Å². The van der Waals surface area contributed by atoms with Gasteiger partial charge < -0.3 is 9.15 Å². The molecule has 2 rings (SSSR count). The minimum atomic E-state index is -1.000. The Labute approximate surface area is 117 Å². The minimum Gasteiger partial charge on any atom is -0.486 e. The highest BCUT2D eigenvalue weighted by Gasteiger charge is 2.15. The number of nitrogens with two attached hydrogens (primary N) is 1. The number of carbonyl (C=O) groups is 1. The van der Waals surface area contributed by atoms with Gasteiger partial charge in [-0.05, 0) is 12.1 Å². The van der Waals surface area contributed by atoms with E-state index in [1.807, 2.05) is 5.43 Å². The molecule has 0 bridgehead atoms. The highest BCUT2D eigenvalue weighted by Crippen LogP contribution is 2.23. The van der Waals surface area contributed by atoms with Crippen LogP contribution in [0.4, 0.5) is 10.1 Å². The zero-order valence-electron chi connectivity index (χ0n) is 10.5. The van der Waals surface area contributed by atoms with E-state index < -0.39 is 22.3 Å². The van der Waals surface area contributed by atoms with Crippen LogP contribution in [-0.4, -0.2) is 10.8 Å². The maximum absolute atomic E-state index is 13.4. The molecule has 110 valence electrons. The lowest BCUT2D eigenvalue weighted by molar-refractivity contribution is -0.387. The number of nitrogen functional groups attached to an aromatic ring is 1. The van der Waals surface area contributed by atoms with Crippen LogP contribution in [0.3, 0.4) is 0 Å². The smallest absolute Gasteiger partial charge is 0.305 e. The van der Waals surface area contributed by atoms with E-state index in [4.69, 9.17) is 15.0 Å². The fraction of sp³-hybridized carbons (Fsp3) is 0.0833. The Morgan fingerprint density at radius 3 is 2.86 bits per heavy atom. The topological polar surface area (TPSA) is 121 Å². The molecular weight excluding hydrogens is 285 g/mol. The maximum Gasteiger partial charge on any atom is 0.305 e.